The summed E-state index contributed by atoms with van der Waals surface area (Å²) in [7, 11) is -2.24. The molecular weight excluding hydrogens is 466 g/mol. The predicted octanol–water partition coefficient (Wildman–Crippen LogP) is 4.10. The first kappa shape index (κ1) is 24.3. The molecule has 1 aliphatic heterocycles. The Morgan fingerprint density at radius 3 is 2.31 bits per heavy atom. The number of hydrogen-bond acceptors (Lipinski definition) is 5. The summed E-state index contributed by atoms with van der Waals surface area (Å²) in [5, 5.41) is 2.79. The zero-order valence-corrected chi connectivity index (χ0v) is 20.6. The molecule has 2 N–H and O–H groups in total. The number of sulfonamides is 1. The minimum absolute atomic E-state index is 0.0818. The molecule has 4 rings (SSSR count). The second-order valence-electron chi connectivity index (χ2n) is 8.49. The van der Waals surface area contributed by atoms with E-state index in [1.165, 1.54) is 24.3 Å². The lowest BCUT2D eigenvalue weighted by molar-refractivity contribution is -0.122. The van der Waals surface area contributed by atoms with Gasteiger partial charge in [-0.25, -0.2) is 8.42 Å². The zero-order valence-electron chi connectivity index (χ0n) is 19.7. The van der Waals surface area contributed by atoms with Gasteiger partial charge in [0, 0.05) is 30.4 Å². The number of ether oxygens (including phenoxy) is 1. The van der Waals surface area contributed by atoms with E-state index < -0.39 is 15.9 Å². The summed E-state index contributed by atoms with van der Waals surface area (Å²) < 4.78 is 33.6. The maximum absolute atomic E-state index is 12.9. The molecule has 1 atom stereocenters. The van der Waals surface area contributed by atoms with E-state index in [1.807, 2.05) is 32.0 Å². The first-order valence-electron chi connectivity index (χ1n) is 11.1. The van der Waals surface area contributed by atoms with Gasteiger partial charge < -0.3 is 15.0 Å². The predicted molar refractivity (Wildman–Crippen MR) is 135 cm³/mol. The second-order valence-corrected chi connectivity index (χ2v) is 10.2. The average Bonchev–Trinajstić information content (AvgIpc) is 3.24. The van der Waals surface area contributed by atoms with Crippen LogP contribution < -0.4 is 19.7 Å². The van der Waals surface area contributed by atoms with Crippen molar-refractivity contribution in [2.75, 3.05) is 28.6 Å². The van der Waals surface area contributed by atoms with E-state index >= 15 is 0 Å². The van der Waals surface area contributed by atoms with Gasteiger partial charge in [0.05, 0.1) is 23.6 Å². The number of nitrogens with zero attached hydrogens (tertiary/aromatic N) is 1. The molecule has 0 radical (unpaired) electrons. The van der Waals surface area contributed by atoms with E-state index in [0.29, 0.717) is 22.8 Å². The highest BCUT2D eigenvalue weighted by atomic mass is 32.2. The van der Waals surface area contributed by atoms with Crippen LogP contribution in [0.4, 0.5) is 17.1 Å². The quantitative estimate of drug-likeness (QED) is 0.516. The van der Waals surface area contributed by atoms with Crippen LogP contribution in [0.15, 0.2) is 71.6 Å². The van der Waals surface area contributed by atoms with Gasteiger partial charge in [-0.05, 0) is 61.4 Å². The lowest BCUT2D eigenvalue weighted by atomic mass is 10.1. The molecule has 1 saturated heterocycles. The van der Waals surface area contributed by atoms with Crippen molar-refractivity contribution in [2.45, 2.75) is 25.2 Å². The van der Waals surface area contributed by atoms with Gasteiger partial charge in [0.2, 0.25) is 11.8 Å². The third-order valence-electron chi connectivity index (χ3n) is 6.01. The Labute approximate surface area is 205 Å². The molecular formula is C26H27N3O5S. The third-order valence-corrected chi connectivity index (χ3v) is 7.38. The van der Waals surface area contributed by atoms with Crippen LogP contribution in [0.1, 0.15) is 17.5 Å². The van der Waals surface area contributed by atoms with E-state index in [0.717, 1.165) is 11.1 Å². The molecule has 1 heterocycles. The minimum atomic E-state index is -3.79. The number of carbonyl (C=O) groups is 2. The average molecular weight is 494 g/mol. The van der Waals surface area contributed by atoms with Gasteiger partial charge in [-0.15, -0.1) is 0 Å². The largest absolute Gasteiger partial charge is 0.497 e. The van der Waals surface area contributed by atoms with Gasteiger partial charge in [-0.2, -0.15) is 0 Å². The molecule has 0 aliphatic carbocycles. The highest BCUT2D eigenvalue weighted by Gasteiger charge is 2.35. The van der Waals surface area contributed by atoms with Gasteiger partial charge in [-0.3, -0.25) is 14.3 Å². The van der Waals surface area contributed by atoms with Crippen molar-refractivity contribution >= 4 is 38.9 Å². The smallest absolute Gasteiger partial charge is 0.261 e. The Balaban J connectivity index is 1.42. The maximum Gasteiger partial charge on any atom is 0.261 e. The van der Waals surface area contributed by atoms with E-state index in [-0.39, 0.29) is 29.7 Å². The molecule has 1 unspecified atom stereocenters. The molecule has 3 aromatic carbocycles. The van der Waals surface area contributed by atoms with E-state index in [1.54, 1.807) is 36.3 Å². The Morgan fingerprint density at radius 2 is 1.66 bits per heavy atom. The number of anilines is 3. The monoisotopic (exact) mass is 493 g/mol. The fourth-order valence-corrected chi connectivity index (χ4v) is 5.24. The number of nitrogens with one attached hydrogen (secondary N) is 2. The Hall–Kier alpha value is -3.85. The van der Waals surface area contributed by atoms with Crippen molar-refractivity contribution < 1.29 is 22.7 Å². The van der Waals surface area contributed by atoms with Crippen LogP contribution in [-0.2, 0) is 19.6 Å². The van der Waals surface area contributed by atoms with E-state index in [4.69, 9.17) is 4.74 Å². The van der Waals surface area contributed by atoms with Crippen LogP contribution in [0.3, 0.4) is 0 Å². The topological polar surface area (TPSA) is 105 Å². The van der Waals surface area contributed by atoms with Gasteiger partial charge in [0.15, 0.2) is 0 Å². The van der Waals surface area contributed by atoms with Crippen molar-refractivity contribution in [3.63, 3.8) is 0 Å². The van der Waals surface area contributed by atoms with Crippen molar-refractivity contribution in [2.24, 2.45) is 5.92 Å². The Morgan fingerprint density at radius 1 is 1.00 bits per heavy atom. The molecule has 8 nitrogen and oxygen atoms in total. The summed E-state index contributed by atoms with van der Waals surface area (Å²) >= 11 is 0. The first-order valence-corrected chi connectivity index (χ1v) is 12.6. The first-order chi connectivity index (χ1) is 16.7. The number of carbonyl (C=O) groups excluding carboxylic acids is 2. The molecule has 0 aromatic heterocycles. The highest BCUT2D eigenvalue weighted by Crippen LogP contribution is 2.29. The third kappa shape index (κ3) is 5.30. The molecule has 0 bridgehead atoms. The van der Waals surface area contributed by atoms with Gasteiger partial charge in [-0.1, -0.05) is 24.3 Å². The van der Waals surface area contributed by atoms with Gasteiger partial charge >= 0.3 is 0 Å². The number of rotatable bonds is 7. The maximum atomic E-state index is 12.9. The molecule has 2 amide bonds. The molecule has 35 heavy (non-hydrogen) atoms. The number of aryl methyl sites for hydroxylation is 2. The number of benzene rings is 3. The summed E-state index contributed by atoms with van der Waals surface area (Å²) in [6.45, 7) is 3.93. The Kier molecular flexibility index (Phi) is 6.79. The highest BCUT2D eigenvalue weighted by molar-refractivity contribution is 7.92. The SMILES string of the molecule is COc1cccc(N2CC(C(=O)Nc3ccc(S(=O)(=O)Nc4c(C)cccc4C)cc3)CC2=O)c1. The number of amides is 2. The van der Waals surface area contributed by atoms with Crippen molar-refractivity contribution in [1.29, 1.82) is 0 Å². The minimum Gasteiger partial charge on any atom is -0.497 e. The molecule has 1 fully saturated rings. The summed E-state index contributed by atoms with van der Waals surface area (Å²) in [5.41, 5.74) is 3.33. The molecule has 9 heteroatoms. The summed E-state index contributed by atoms with van der Waals surface area (Å²) in [5.74, 6) is -0.335. The standard InChI is InChI=1S/C26H27N3O5S/c1-17-6-4-7-18(2)25(17)28-35(32,33)23-12-10-20(11-13-23)27-26(31)19-14-24(30)29(16-19)21-8-5-9-22(15-21)34-3/h4-13,15,19,28H,14,16H2,1-3H3,(H,27,31). The second kappa shape index (κ2) is 9.79. The van der Waals surface area contributed by atoms with Gasteiger partial charge in [0.25, 0.3) is 10.0 Å². The molecule has 0 spiro atoms. The molecule has 1 aliphatic rings. The lowest BCUT2D eigenvalue weighted by Gasteiger charge is -2.17. The van der Waals surface area contributed by atoms with Crippen LogP contribution in [0, 0.1) is 19.8 Å². The lowest BCUT2D eigenvalue weighted by Crippen LogP contribution is -2.28. The normalized spacial score (nSPS) is 15.7. The van der Waals surface area contributed by atoms with Gasteiger partial charge in [0.1, 0.15) is 5.75 Å². The summed E-state index contributed by atoms with van der Waals surface area (Å²) in [6.07, 6.45) is 0.0925. The van der Waals surface area contributed by atoms with Crippen molar-refractivity contribution in [3.05, 3.63) is 77.9 Å². The van der Waals surface area contributed by atoms with E-state index in [9.17, 15) is 18.0 Å². The summed E-state index contributed by atoms with van der Waals surface area (Å²) in [4.78, 5) is 27.0. The van der Waals surface area contributed by atoms with Crippen LogP contribution in [0.25, 0.3) is 0 Å². The fourth-order valence-electron chi connectivity index (χ4n) is 4.04. The number of hydrogen-bond donors (Lipinski definition) is 2. The van der Waals surface area contributed by atoms with Crippen molar-refractivity contribution in [3.8, 4) is 5.75 Å². The Bertz CT molecular complexity index is 1350. The van der Waals surface area contributed by atoms with Crippen molar-refractivity contribution in [1.82, 2.24) is 0 Å². The summed E-state index contributed by atoms with van der Waals surface area (Å²) in [6, 6.07) is 18.6. The zero-order chi connectivity index (χ0) is 25.2. The van der Waals surface area contributed by atoms with E-state index in [2.05, 4.69) is 10.0 Å². The van der Waals surface area contributed by atoms with Crippen LogP contribution in [0.2, 0.25) is 0 Å². The van der Waals surface area contributed by atoms with Crippen LogP contribution >= 0.6 is 0 Å². The van der Waals surface area contributed by atoms with Crippen LogP contribution in [0.5, 0.6) is 5.75 Å². The fraction of sp³-hybridized carbons (Fsp3) is 0.231. The molecule has 0 saturated carbocycles. The van der Waals surface area contributed by atoms with Crippen LogP contribution in [-0.4, -0.2) is 33.9 Å². The number of methoxy groups -OCH3 is 1. The molecule has 182 valence electrons. The molecule has 3 aromatic rings. The number of para-hydroxylation sites is 1.